The number of fused-ring (bicyclic) bond motifs is 5. The Morgan fingerprint density at radius 3 is 2.58 bits per heavy atom. The Balaban J connectivity index is 1.70. The molecule has 5 unspecified atom stereocenters. The van der Waals surface area contributed by atoms with Crippen LogP contribution < -0.4 is 0 Å². The van der Waals surface area contributed by atoms with Gasteiger partial charge < -0.3 is 15.3 Å². The summed E-state index contributed by atoms with van der Waals surface area (Å²) in [6, 6.07) is 0. The van der Waals surface area contributed by atoms with E-state index in [1.807, 2.05) is 0 Å². The third-order valence-corrected chi connectivity index (χ3v) is 9.17. The summed E-state index contributed by atoms with van der Waals surface area (Å²) in [4.78, 5) is 12.6. The zero-order valence-electron chi connectivity index (χ0n) is 14.3. The van der Waals surface area contributed by atoms with Crippen molar-refractivity contribution in [1.82, 2.24) is 0 Å². The van der Waals surface area contributed by atoms with Crippen molar-refractivity contribution < 1.29 is 20.1 Å². The van der Waals surface area contributed by atoms with Crippen LogP contribution in [-0.4, -0.2) is 44.7 Å². The van der Waals surface area contributed by atoms with Gasteiger partial charge in [0.05, 0.1) is 29.1 Å². The molecule has 0 saturated heterocycles. The summed E-state index contributed by atoms with van der Waals surface area (Å²) in [6.07, 6.45) is 5.13. The van der Waals surface area contributed by atoms with Crippen LogP contribution in [0.4, 0.5) is 0 Å². The number of halogens is 1. The highest BCUT2D eigenvalue weighted by Crippen LogP contribution is 2.65. The number of Topliss-reactive ketones (excluding diaryl/α,β-unsaturated/α-hetero) is 1. The van der Waals surface area contributed by atoms with E-state index in [1.54, 1.807) is 0 Å². The standard InChI is InChI=1S/C19H29BrO4/c1-18-4-2-11(22)6-10(18)7-15(23)16-12(18)3-5-19(9-21)13(16)8-14(20)17(19)24/h10-16,21-23H,2-9H2,1H3/t10?,11-,12?,13?,14+,15?,16?,18-,19+/m0/s1. The van der Waals surface area contributed by atoms with E-state index in [2.05, 4.69) is 22.9 Å². The normalized spacial score (nSPS) is 57.2. The van der Waals surface area contributed by atoms with Crippen LogP contribution in [0.15, 0.2) is 0 Å². The number of carbonyl (C=O) groups is 1. The van der Waals surface area contributed by atoms with Crippen LogP contribution in [0.5, 0.6) is 0 Å². The number of carbonyl (C=O) groups excluding carboxylic acids is 1. The minimum absolute atomic E-state index is 0.0812. The molecule has 0 amide bonds. The second kappa shape index (κ2) is 5.77. The fraction of sp³-hybridized carbons (Fsp3) is 0.947. The number of hydrogen-bond donors (Lipinski definition) is 3. The van der Waals surface area contributed by atoms with E-state index in [0.29, 0.717) is 11.8 Å². The van der Waals surface area contributed by atoms with E-state index in [-0.39, 0.29) is 40.6 Å². The monoisotopic (exact) mass is 400 g/mol. The molecule has 0 radical (unpaired) electrons. The lowest BCUT2D eigenvalue weighted by Gasteiger charge is -2.61. The average molecular weight is 401 g/mol. The minimum atomic E-state index is -0.645. The van der Waals surface area contributed by atoms with Gasteiger partial charge in [0.15, 0.2) is 5.78 Å². The summed E-state index contributed by atoms with van der Waals surface area (Å²) >= 11 is 3.52. The van der Waals surface area contributed by atoms with E-state index in [0.717, 1.165) is 44.9 Å². The van der Waals surface area contributed by atoms with Gasteiger partial charge in [0.1, 0.15) is 0 Å². The Morgan fingerprint density at radius 2 is 1.88 bits per heavy atom. The molecular weight excluding hydrogens is 372 g/mol. The third kappa shape index (κ3) is 2.17. The quantitative estimate of drug-likeness (QED) is 0.590. The van der Waals surface area contributed by atoms with Crippen LogP contribution in [-0.2, 0) is 4.79 Å². The molecule has 4 saturated carbocycles. The predicted molar refractivity (Wildman–Crippen MR) is 93.6 cm³/mol. The number of ketones is 1. The first-order valence-corrected chi connectivity index (χ1v) is 10.4. The van der Waals surface area contributed by atoms with Crippen LogP contribution in [0.2, 0.25) is 0 Å². The fourth-order valence-corrected chi connectivity index (χ4v) is 7.91. The van der Waals surface area contributed by atoms with E-state index in [4.69, 9.17) is 0 Å². The van der Waals surface area contributed by atoms with E-state index >= 15 is 0 Å². The Bertz CT molecular complexity index is 539. The second-order valence-corrected chi connectivity index (χ2v) is 10.3. The van der Waals surface area contributed by atoms with Crippen molar-refractivity contribution in [3.63, 3.8) is 0 Å². The van der Waals surface area contributed by atoms with E-state index in [9.17, 15) is 20.1 Å². The summed E-state index contributed by atoms with van der Waals surface area (Å²) < 4.78 is 0. The summed E-state index contributed by atoms with van der Waals surface area (Å²) in [5.74, 6) is 1.10. The largest absolute Gasteiger partial charge is 0.395 e. The smallest absolute Gasteiger partial charge is 0.155 e. The summed E-state index contributed by atoms with van der Waals surface area (Å²) in [7, 11) is 0. The molecule has 0 heterocycles. The lowest BCUT2D eigenvalue weighted by molar-refractivity contribution is -0.178. The molecule has 3 N–H and O–H groups in total. The second-order valence-electron chi connectivity index (χ2n) is 9.14. The average Bonchev–Trinajstić information content (AvgIpc) is 2.81. The van der Waals surface area contributed by atoms with E-state index < -0.39 is 11.5 Å². The number of alkyl halides is 1. The molecule has 0 aliphatic heterocycles. The molecule has 9 atom stereocenters. The van der Waals surface area contributed by atoms with Crippen molar-refractivity contribution in [2.45, 2.75) is 68.9 Å². The van der Waals surface area contributed by atoms with Crippen LogP contribution in [0, 0.1) is 34.5 Å². The highest BCUT2D eigenvalue weighted by molar-refractivity contribution is 9.10. The van der Waals surface area contributed by atoms with Gasteiger partial charge in [0.2, 0.25) is 0 Å². The van der Waals surface area contributed by atoms with Gasteiger partial charge in [-0.3, -0.25) is 4.79 Å². The molecule has 0 bridgehead atoms. The summed E-state index contributed by atoms with van der Waals surface area (Å²) in [5.41, 5.74) is -0.494. The zero-order valence-corrected chi connectivity index (χ0v) is 15.9. The van der Waals surface area contributed by atoms with Crippen molar-refractivity contribution in [3.8, 4) is 0 Å². The Kier molecular flexibility index (Phi) is 4.19. The maximum absolute atomic E-state index is 12.8. The molecule has 4 aliphatic rings. The van der Waals surface area contributed by atoms with Gasteiger partial charge in [0, 0.05) is 0 Å². The first-order chi connectivity index (χ1) is 11.3. The Labute approximate surface area is 152 Å². The molecular formula is C19H29BrO4. The van der Waals surface area contributed by atoms with Crippen molar-refractivity contribution in [2.75, 3.05) is 6.61 Å². The van der Waals surface area contributed by atoms with Gasteiger partial charge in [-0.25, -0.2) is 0 Å². The van der Waals surface area contributed by atoms with Crippen molar-refractivity contribution in [1.29, 1.82) is 0 Å². The van der Waals surface area contributed by atoms with Gasteiger partial charge >= 0.3 is 0 Å². The number of aliphatic hydroxyl groups excluding tert-OH is 3. The number of aliphatic hydroxyl groups is 3. The summed E-state index contributed by atoms with van der Waals surface area (Å²) in [6.45, 7) is 2.26. The van der Waals surface area contributed by atoms with Gasteiger partial charge in [-0.2, -0.15) is 0 Å². The van der Waals surface area contributed by atoms with Gasteiger partial charge in [0.25, 0.3) is 0 Å². The van der Waals surface area contributed by atoms with Crippen molar-refractivity contribution >= 4 is 21.7 Å². The van der Waals surface area contributed by atoms with Gasteiger partial charge in [-0.15, -0.1) is 0 Å². The molecule has 24 heavy (non-hydrogen) atoms. The molecule has 0 spiro atoms. The lowest BCUT2D eigenvalue weighted by Crippen LogP contribution is -2.59. The van der Waals surface area contributed by atoms with Crippen molar-refractivity contribution in [3.05, 3.63) is 0 Å². The molecule has 0 aromatic carbocycles. The molecule has 136 valence electrons. The minimum Gasteiger partial charge on any atom is -0.395 e. The van der Waals surface area contributed by atoms with Crippen LogP contribution in [0.25, 0.3) is 0 Å². The number of hydrogen-bond acceptors (Lipinski definition) is 4. The maximum atomic E-state index is 12.8. The summed E-state index contributed by atoms with van der Waals surface area (Å²) in [5, 5.41) is 31.2. The SMILES string of the molecule is C[C@]12CC[C@H](O)CC1CC(O)C1C3C[C@@H](Br)C(=O)[C@@]3(CO)CCC12. The first-order valence-electron chi connectivity index (χ1n) is 9.49. The molecule has 4 rings (SSSR count). The lowest BCUT2D eigenvalue weighted by atomic mass is 9.44. The highest BCUT2D eigenvalue weighted by atomic mass is 79.9. The molecule has 4 aliphatic carbocycles. The molecule has 4 nitrogen and oxygen atoms in total. The van der Waals surface area contributed by atoms with Gasteiger partial charge in [-0.1, -0.05) is 22.9 Å². The topological polar surface area (TPSA) is 77.8 Å². The molecule has 0 aromatic heterocycles. The first kappa shape index (κ1) is 17.4. The fourth-order valence-electron chi connectivity index (χ4n) is 7.05. The van der Waals surface area contributed by atoms with Crippen LogP contribution in [0.1, 0.15) is 51.9 Å². The van der Waals surface area contributed by atoms with Crippen LogP contribution in [0.3, 0.4) is 0 Å². The van der Waals surface area contributed by atoms with Crippen molar-refractivity contribution in [2.24, 2.45) is 34.5 Å². The Morgan fingerprint density at radius 1 is 1.12 bits per heavy atom. The molecule has 5 heteroatoms. The number of rotatable bonds is 1. The maximum Gasteiger partial charge on any atom is 0.155 e. The predicted octanol–water partition coefficient (Wildman–Crippen LogP) is 2.28. The Hall–Kier alpha value is 0.0300. The molecule has 4 fully saturated rings. The van der Waals surface area contributed by atoms with E-state index in [1.165, 1.54) is 0 Å². The van der Waals surface area contributed by atoms with Crippen LogP contribution >= 0.6 is 15.9 Å². The zero-order chi connectivity index (χ0) is 17.3. The highest BCUT2D eigenvalue weighted by Gasteiger charge is 2.65. The third-order valence-electron chi connectivity index (χ3n) is 8.38. The molecule has 0 aromatic rings. The van der Waals surface area contributed by atoms with Gasteiger partial charge in [-0.05, 0) is 74.0 Å².